The minimum absolute atomic E-state index is 0.0530. The number of esters is 1. The maximum atomic E-state index is 12.4. The summed E-state index contributed by atoms with van der Waals surface area (Å²) in [6, 6.07) is 13.6. The van der Waals surface area contributed by atoms with Crippen LogP contribution in [0.1, 0.15) is 29.4 Å². The molecule has 0 saturated carbocycles. The van der Waals surface area contributed by atoms with Gasteiger partial charge in [0.25, 0.3) is 5.56 Å². The molecule has 26 heavy (non-hydrogen) atoms. The third-order valence-corrected chi connectivity index (χ3v) is 4.21. The highest BCUT2D eigenvalue weighted by Crippen LogP contribution is 2.25. The van der Waals surface area contributed by atoms with E-state index in [1.54, 1.807) is 55.5 Å². The second-order valence-electron chi connectivity index (χ2n) is 5.81. The first kappa shape index (κ1) is 16.4. The molecule has 4 aromatic rings. The number of aromatic amines is 1. The first-order valence-corrected chi connectivity index (χ1v) is 8.28. The van der Waals surface area contributed by atoms with Gasteiger partial charge < -0.3 is 14.1 Å². The third-order valence-electron chi connectivity index (χ3n) is 3.98. The molecule has 1 N–H and O–H groups in total. The van der Waals surface area contributed by atoms with E-state index in [1.165, 1.54) is 0 Å². The summed E-state index contributed by atoms with van der Waals surface area (Å²) >= 11 is 5.93. The van der Waals surface area contributed by atoms with Gasteiger partial charge in [-0.05, 0) is 43.3 Å². The lowest BCUT2D eigenvalue weighted by molar-refractivity contribution is 0.0286. The topological polar surface area (TPSA) is 85.2 Å². The van der Waals surface area contributed by atoms with Crippen LogP contribution in [-0.2, 0) is 4.74 Å². The predicted molar refractivity (Wildman–Crippen MR) is 97.4 cm³/mol. The van der Waals surface area contributed by atoms with Crippen LogP contribution < -0.4 is 5.56 Å². The number of hydrogen-bond acceptors (Lipinski definition) is 5. The SMILES string of the molecule is CC(OC(=O)c1cc2cc(Cl)ccc2o1)c1nc2ccccc2c(=O)[nH]1. The largest absolute Gasteiger partial charge is 0.449 e. The maximum absolute atomic E-state index is 12.4. The van der Waals surface area contributed by atoms with E-state index in [9.17, 15) is 9.59 Å². The average Bonchev–Trinajstić information content (AvgIpc) is 3.05. The van der Waals surface area contributed by atoms with Crippen molar-refractivity contribution in [1.82, 2.24) is 9.97 Å². The van der Waals surface area contributed by atoms with Gasteiger partial charge in [-0.25, -0.2) is 9.78 Å². The van der Waals surface area contributed by atoms with Crippen LogP contribution in [0, 0.1) is 0 Å². The first-order valence-electron chi connectivity index (χ1n) is 7.90. The normalized spacial score (nSPS) is 12.4. The van der Waals surface area contributed by atoms with Crippen LogP contribution >= 0.6 is 11.6 Å². The second-order valence-corrected chi connectivity index (χ2v) is 6.25. The Morgan fingerprint density at radius 2 is 2.04 bits per heavy atom. The lowest BCUT2D eigenvalue weighted by Gasteiger charge is -2.12. The Balaban J connectivity index is 1.61. The standard InChI is InChI=1S/C19H13ClN2O4/c1-10(17-21-14-5-3-2-4-13(14)18(23)22-17)25-19(24)16-9-11-8-12(20)6-7-15(11)26-16/h2-10H,1H3,(H,21,22,23). The lowest BCUT2D eigenvalue weighted by atomic mass is 10.2. The molecular weight excluding hydrogens is 356 g/mol. The van der Waals surface area contributed by atoms with Gasteiger partial charge in [-0.15, -0.1) is 0 Å². The van der Waals surface area contributed by atoms with Gasteiger partial charge >= 0.3 is 5.97 Å². The van der Waals surface area contributed by atoms with Gasteiger partial charge in [0, 0.05) is 10.4 Å². The molecule has 0 aliphatic carbocycles. The predicted octanol–water partition coefficient (Wildman–Crippen LogP) is 4.24. The Morgan fingerprint density at radius 1 is 1.23 bits per heavy atom. The highest BCUT2D eigenvalue weighted by molar-refractivity contribution is 6.31. The molecule has 1 atom stereocenters. The fourth-order valence-corrected chi connectivity index (χ4v) is 2.87. The average molecular weight is 369 g/mol. The summed E-state index contributed by atoms with van der Waals surface area (Å²) in [5.41, 5.74) is 0.783. The number of rotatable bonds is 3. The number of nitrogens with one attached hydrogen (secondary N) is 1. The molecule has 130 valence electrons. The monoisotopic (exact) mass is 368 g/mol. The van der Waals surface area contributed by atoms with E-state index in [4.69, 9.17) is 20.8 Å². The summed E-state index contributed by atoms with van der Waals surface area (Å²) in [5.74, 6) is -0.334. The fraction of sp³-hybridized carbons (Fsp3) is 0.105. The van der Waals surface area contributed by atoms with E-state index in [1.807, 2.05) is 0 Å². The van der Waals surface area contributed by atoms with Gasteiger partial charge in [-0.2, -0.15) is 0 Å². The van der Waals surface area contributed by atoms with Gasteiger partial charge in [0.1, 0.15) is 5.58 Å². The fourth-order valence-electron chi connectivity index (χ4n) is 2.69. The van der Waals surface area contributed by atoms with E-state index < -0.39 is 12.1 Å². The molecule has 0 saturated heterocycles. The zero-order valence-corrected chi connectivity index (χ0v) is 14.4. The van der Waals surface area contributed by atoms with Crippen molar-refractivity contribution in [3.8, 4) is 0 Å². The number of fused-ring (bicyclic) bond motifs is 2. The van der Waals surface area contributed by atoms with Crippen LogP contribution in [0.4, 0.5) is 0 Å². The molecule has 7 heteroatoms. The van der Waals surface area contributed by atoms with Crippen molar-refractivity contribution in [3.63, 3.8) is 0 Å². The Kier molecular flexibility index (Phi) is 3.97. The zero-order chi connectivity index (χ0) is 18.3. The quantitative estimate of drug-likeness (QED) is 0.546. The number of aromatic nitrogens is 2. The Labute approximate surface area is 152 Å². The molecule has 6 nitrogen and oxygen atoms in total. The number of para-hydroxylation sites is 1. The number of hydrogen-bond donors (Lipinski definition) is 1. The number of H-pyrrole nitrogens is 1. The van der Waals surface area contributed by atoms with Crippen LogP contribution in [0.5, 0.6) is 0 Å². The van der Waals surface area contributed by atoms with Crippen molar-refractivity contribution >= 4 is 39.4 Å². The number of furan rings is 1. The molecule has 2 aromatic carbocycles. The summed E-state index contributed by atoms with van der Waals surface area (Å²) in [7, 11) is 0. The van der Waals surface area contributed by atoms with E-state index in [2.05, 4.69) is 9.97 Å². The smallest absolute Gasteiger partial charge is 0.374 e. The lowest BCUT2D eigenvalue weighted by Crippen LogP contribution is -2.17. The van der Waals surface area contributed by atoms with Crippen LogP contribution in [0.15, 0.2) is 57.7 Å². The van der Waals surface area contributed by atoms with Gasteiger partial charge in [-0.1, -0.05) is 23.7 Å². The van der Waals surface area contributed by atoms with Gasteiger partial charge in [0.05, 0.1) is 10.9 Å². The third kappa shape index (κ3) is 2.95. The molecule has 0 aliphatic rings. The molecule has 0 aliphatic heterocycles. The number of halogens is 1. The van der Waals surface area contributed by atoms with E-state index >= 15 is 0 Å². The summed E-state index contributed by atoms with van der Waals surface area (Å²) in [6.45, 7) is 1.63. The van der Waals surface area contributed by atoms with Gasteiger partial charge in [0.15, 0.2) is 11.9 Å². The van der Waals surface area contributed by atoms with Gasteiger partial charge in [-0.3, -0.25) is 4.79 Å². The van der Waals surface area contributed by atoms with Crippen LogP contribution in [0.3, 0.4) is 0 Å². The van der Waals surface area contributed by atoms with Crippen molar-refractivity contribution < 1.29 is 13.9 Å². The minimum atomic E-state index is -0.753. The minimum Gasteiger partial charge on any atom is -0.449 e. The highest BCUT2D eigenvalue weighted by atomic mass is 35.5. The molecule has 1 unspecified atom stereocenters. The number of ether oxygens (including phenoxy) is 1. The van der Waals surface area contributed by atoms with Gasteiger partial charge in [0.2, 0.25) is 5.76 Å². The summed E-state index contributed by atoms with van der Waals surface area (Å²) in [6.07, 6.45) is -0.753. The molecule has 2 aromatic heterocycles. The van der Waals surface area contributed by atoms with Crippen molar-refractivity contribution in [1.29, 1.82) is 0 Å². The summed E-state index contributed by atoms with van der Waals surface area (Å²) in [5, 5.41) is 1.72. The number of carbonyl (C=O) groups is 1. The van der Waals surface area contributed by atoms with Crippen molar-refractivity contribution in [2.24, 2.45) is 0 Å². The molecule has 0 fully saturated rings. The Morgan fingerprint density at radius 3 is 2.88 bits per heavy atom. The number of benzene rings is 2. The maximum Gasteiger partial charge on any atom is 0.374 e. The Bertz CT molecular complexity index is 1200. The molecule has 0 bridgehead atoms. The van der Waals surface area contributed by atoms with E-state index in [0.29, 0.717) is 26.9 Å². The van der Waals surface area contributed by atoms with E-state index in [-0.39, 0.29) is 17.1 Å². The molecule has 0 radical (unpaired) electrons. The van der Waals surface area contributed by atoms with Crippen molar-refractivity contribution in [2.45, 2.75) is 13.0 Å². The van der Waals surface area contributed by atoms with Crippen LogP contribution in [0.25, 0.3) is 21.9 Å². The molecule has 2 heterocycles. The summed E-state index contributed by atoms with van der Waals surface area (Å²) in [4.78, 5) is 31.5. The Hall–Kier alpha value is -3.12. The van der Waals surface area contributed by atoms with Crippen molar-refractivity contribution in [3.05, 3.63) is 75.5 Å². The molecular formula is C19H13ClN2O4. The number of nitrogens with zero attached hydrogens (tertiary/aromatic N) is 1. The molecule has 0 spiro atoms. The van der Waals surface area contributed by atoms with Crippen molar-refractivity contribution in [2.75, 3.05) is 0 Å². The van der Waals surface area contributed by atoms with Crippen LogP contribution in [0.2, 0.25) is 5.02 Å². The molecule has 0 amide bonds. The zero-order valence-electron chi connectivity index (χ0n) is 13.7. The van der Waals surface area contributed by atoms with E-state index in [0.717, 1.165) is 0 Å². The number of carbonyl (C=O) groups excluding carboxylic acids is 1. The highest BCUT2D eigenvalue weighted by Gasteiger charge is 2.20. The molecule has 4 rings (SSSR count). The second kappa shape index (κ2) is 6.31. The first-order chi connectivity index (χ1) is 12.5. The van der Waals surface area contributed by atoms with Crippen LogP contribution in [-0.4, -0.2) is 15.9 Å². The summed E-state index contributed by atoms with van der Waals surface area (Å²) < 4.78 is 10.9.